The van der Waals surface area contributed by atoms with Crippen molar-refractivity contribution in [3.05, 3.63) is 23.3 Å². The molecule has 0 bridgehead atoms. The Morgan fingerprint density at radius 2 is 1.95 bits per heavy atom. The zero-order chi connectivity index (χ0) is 25.2. The standard InChI is InChI=1S/C29H38O8/c1-26-13-22-21(36-25-29(37-22)23(7-10-32-25)34-15-35-29)12-17(26)3-4-20-19(26)5-8-27(2)18(6-9-28(20,27)31)16-11-24(30)33-14-16/h11-12,18-23,25,31H,3-10,13-15H2,1-2H3/t18-,19+,20-,21-,22-,23-,25+,26+,27-,28+,29+/m1/s1. The van der Waals surface area contributed by atoms with E-state index in [1.54, 1.807) is 6.08 Å². The number of cyclic esters (lactones) is 1. The lowest BCUT2D eigenvalue weighted by Crippen LogP contribution is -2.67. The predicted molar refractivity (Wildman–Crippen MR) is 129 cm³/mol. The van der Waals surface area contributed by atoms with Gasteiger partial charge in [-0.2, -0.15) is 0 Å². The highest BCUT2D eigenvalue weighted by Gasteiger charge is 2.69. The molecule has 0 unspecified atom stereocenters. The van der Waals surface area contributed by atoms with Crippen LogP contribution in [0.2, 0.25) is 0 Å². The molecule has 0 radical (unpaired) electrons. The summed E-state index contributed by atoms with van der Waals surface area (Å²) < 4.78 is 36.4. The summed E-state index contributed by atoms with van der Waals surface area (Å²) in [5.74, 6) is -0.414. The Morgan fingerprint density at radius 3 is 2.78 bits per heavy atom. The zero-order valence-electron chi connectivity index (χ0n) is 21.8. The maximum absolute atomic E-state index is 12.5. The third kappa shape index (κ3) is 2.92. The Hall–Kier alpha value is -1.29. The van der Waals surface area contributed by atoms with Crippen molar-refractivity contribution in [1.82, 2.24) is 0 Å². The van der Waals surface area contributed by atoms with Crippen LogP contribution in [0.1, 0.15) is 65.2 Å². The summed E-state index contributed by atoms with van der Waals surface area (Å²) in [6, 6.07) is 0. The van der Waals surface area contributed by atoms with Crippen molar-refractivity contribution in [2.24, 2.45) is 28.6 Å². The van der Waals surface area contributed by atoms with Crippen molar-refractivity contribution in [2.45, 2.75) is 101 Å². The van der Waals surface area contributed by atoms with Crippen LogP contribution in [0.25, 0.3) is 0 Å². The first-order valence-corrected chi connectivity index (χ1v) is 14.3. The fourth-order valence-electron chi connectivity index (χ4n) is 10.1. The molecule has 4 aliphatic carbocycles. The first kappa shape index (κ1) is 23.6. The second-order valence-corrected chi connectivity index (χ2v) is 13.3. The van der Waals surface area contributed by atoms with Crippen molar-refractivity contribution >= 4 is 5.97 Å². The van der Waals surface area contributed by atoms with Crippen LogP contribution in [0, 0.1) is 28.6 Å². The Morgan fingerprint density at radius 1 is 1.05 bits per heavy atom. The molecular formula is C29H38O8. The van der Waals surface area contributed by atoms with Crippen LogP contribution < -0.4 is 0 Å². The molecule has 11 atom stereocenters. The summed E-state index contributed by atoms with van der Waals surface area (Å²) in [5, 5.41) is 12.5. The van der Waals surface area contributed by atoms with E-state index in [9.17, 15) is 9.90 Å². The molecule has 3 saturated heterocycles. The van der Waals surface area contributed by atoms with Gasteiger partial charge >= 0.3 is 5.97 Å². The molecule has 4 heterocycles. The number of carbonyl (C=O) groups is 1. The molecule has 8 heteroatoms. The number of ether oxygens (including phenoxy) is 6. The average molecular weight is 515 g/mol. The first-order valence-electron chi connectivity index (χ1n) is 14.3. The smallest absolute Gasteiger partial charge is 0.331 e. The van der Waals surface area contributed by atoms with E-state index >= 15 is 0 Å². The maximum atomic E-state index is 12.5. The third-order valence-electron chi connectivity index (χ3n) is 12.0. The van der Waals surface area contributed by atoms with Gasteiger partial charge in [-0.25, -0.2) is 4.79 Å². The average Bonchev–Trinajstić information content (AvgIpc) is 3.55. The molecule has 8 rings (SSSR count). The molecular weight excluding hydrogens is 476 g/mol. The third-order valence-corrected chi connectivity index (χ3v) is 12.0. The molecule has 4 aliphatic heterocycles. The van der Waals surface area contributed by atoms with Gasteiger partial charge in [-0.1, -0.05) is 25.5 Å². The number of aliphatic hydroxyl groups is 1. The molecule has 0 aromatic heterocycles. The molecule has 0 aromatic carbocycles. The van der Waals surface area contributed by atoms with Crippen LogP contribution >= 0.6 is 0 Å². The highest BCUT2D eigenvalue weighted by Crippen LogP contribution is 2.69. The molecule has 1 N–H and O–H groups in total. The Labute approximate surface area is 217 Å². The number of rotatable bonds is 1. The lowest BCUT2D eigenvalue weighted by atomic mass is 9.45. The van der Waals surface area contributed by atoms with Gasteiger partial charge in [0.15, 0.2) is 6.79 Å². The SMILES string of the molecule is C[C@]12C[C@H]3O[C@@]45OCO[C@@H]4CCO[C@H]5O[C@@H]3C=C1CC[C@@H]1[C@@H]2CC[C@]2(C)[C@@H](C3=CC(=O)OC3)CC[C@]12O. The fourth-order valence-corrected chi connectivity index (χ4v) is 10.1. The lowest BCUT2D eigenvalue weighted by molar-refractivity contribution is -0.421. The minimum Gasteiger partial charge on any atom is -0.458 e. The van der Waals surface area contributed by atoms with E-state index in [1.165, 1.54) is 5.57 Å². The molecule has 3 saturated carbocycles. The molecule has 37 heavy (non-hydrogen) atoms. The molecule has 6 fully saturated rings. The van der Waals surface area contributed by atoms with Crippen molar-refractivity contribution in [1.29, 1.82) is 0 Å². The van der Waals surface area contributed by atoms with E-state index in [0.717, 1.165) is 56.9 Å². The van der Waals surface area contributed by atoms with Crippen molar-refractivity contribution in [3.63, 3.8) is 0 Å². The van der Waals surface area contributed by atoms with E-state index in [2.05, 4.69) is 19.9 Å². The van der Waals surface area contributed by atoms with Gasteiger partial charge in [0.25, 0.3) is 0 Å². The highest BCUT2D eigenvalue weighted by molar-refractivity contribution is 5.85. The van der Waals surface area contributed by atoms with Crippen LogP contribution in [0.4, 0.5) is 0 Å². The summed E-state index contributed by atoms with van der Waals surface area (Å²) in [6.07, 6.45) is 10.2. The summed E-state index contributed by atoms with van der Waals surface area (Å²) >= 11 is 0. The zero-order valence-corrected chi connectivity index (χ0v) is 21.8. The predicted octanol–water partition coefficient (Wildman–Crippen LogP) is 3.37. The van der Waals surface area contributed by atoms with Gasteiger partial charge in [0, 0.05) is 17.9 Å². The first-order chi connectivity index (χ1) is 17.8. The maximum Gasteiger partial charge on any atom is 0.331 e. The molecule has 202 valence electrons. The van der Waals surface area contributed by atoms with Crippen LogP contribution in [-0.4, -0.2) is 67.1 Å². The minimum absolute atomic E-state index is 0.0672. The van der Waals surface area contributed by atoms with Gasteiger partial charge in [-0.3, -0.25) is 0 Å². The quantitative estimate of drug-likeness (QED) is 0.421. The lowest BCUT2D eigenvalue weighted by Gasteiger charge is -2.63. The monoisotopic (exact) mass is 514 g/mol. The molecule has 0 amide bonds. The molecule has 1 spiro atoms. The molecule has 0 aromatic rings. The normalized spacial score (nSPS) is 56.1. The van der Waals surface area contributed by atoms with Crippen molar-refractivity contribution in [2.75, 3.05) is 20.0 Å². The van der Waals surface area contributed by atoms with E-state index in [-0.39, 0.29) is 53.7 Å². The van der Waals surface area contributed by atoms with Crippen LogP contribution in [-0.2, 0) is 33.2 Å². The Kier molecular flexibility index (Phi) is 4.89. The Balaban J connectivity index is 1.10. The summed E-state index contributed by atoms with van der Waals surface area (Å²) in [7, 11) is 0. The van der Waals surface area contributed by atoms with Crippen LogP contribution in [0.15, 0.2) is 23.3 Å². The summed E-state index contributed by atoms with van der Waals surface area (Å²) in [6.45, 7) is 5.83. The van der Waals surface area contributed by atoms with Gasteiger partial charge in [-0.05, 0) is 73.7 Å². The number of allylic oxidation sites excluding steroid dienone is 1. The summed E-state index contributed by atoms with van der Waals surface area (Å²) in [5.41, 5.74) is 1.49. The highest BCUT2D eigenvalue weighted by atomic mass is 16.9. The minimum atomic E-state index is -0.980. The largest absolute Gasteiger partial charge is 0.458 e. The van der Waals surface area contributed by atoms with Gasteiger partial charge < -0.3 is 33.5 Å². The van der Waals surface area contributed by atoms with Crippen LogP contribution in [0.5, 0.6) is 0 Å². The number of carbonyl (C=O) groups excluding carboxylic acids is 1. The summed E-state index contributed by atoms with van der Waals surface area (Å²) in [4.78, 5) is 11.8. The van der Waals surface area contributed by atoms with Crippen LogP contribution in [0.3, 0.4) is 0 Å². The number of hydrogen-bond donors (Lipinski definition) is 1. The molecule has 8 nitrogen and oxygen atoms in total. The van der Waals surface area contributed by atoms with Gasteiger partial charge in [0.2, 0.25) is 12.1 Å². The van der Waals surface area contributed by atoms with Gasteiger partial charge in [0.05, 0.1) is 18.3 Å². The van der Waals surface area contributed by atoms with E-state index in [4.69, 9.17) is 28.4 Å². The number of hydrogen-bond acceptors (Lipinski definition) is 8. The second-order valence-electron chi connectivity index (χ2n) is 13.3. The van der Waals surface area contributed by atoms with E-state index in [1.807, 2.05) is 0 Å². The van der Waals surface area contributed by atoms with Gasteiger partial charge in [-0.15, -0.1) is 0 Å². The van der Waals surface area contributed by atoms with E-state index < -0.39 is 17.7 Å². The van der Waals surface area contributed by atoms with Crippen molar-refractivity contribution in [3.8, 4) is 0 Å². The van der Waals surface area contributed by atoms with Crippen molar-refractivity contribution < 1.29 is 38.3 Å². The van der Waals surface area contributed by atoms with Gasteiger partial charge in [0.1, 0.15) is 18.8 Å². The van der Waals surface area contributed by atoms with E-state index in [0.29, 0.717) is 19.1 Å². The molecule has 8 aliphatic rings. The Bertz CT molecular complexity index is 1090. The fraction of sp³-hybridized carbons (Fsp3) is 0.828. The topological polar surface area (TPSA) is 92.7 Å². The second kappa shape index (κ2) is 7.67. The number of fused-ring (bicyclic) bond motifs is 6. The number of esters is 1.